The Balaban J connectivity index is 2.33. The highest BCUT2D eigenvalue weighted by molar-refractivity contribution is 9.09. The van der Waals surface area contributed by atoms with E-state index < -0.39 is 0 Å². The van der Waals surface area contributed by atoms with Crippen LogP contribution in [0.2, 0.25) is 0 Å². The predicted octanol–water partition coefficient (Wildman–Crippen LogP) is 1.95. The molecule has 1 aromatic heterocycles. The van der Waals surface area contributed by atoms with Gasteiger partial charge in [0, 0.05) is 24.1 Å². The second kappa shape index (κ2) is 5.27. The van der Waals surface area contributed by atoms with E-state index in [1.807, 2.05) is 24.4 Å². The van der Waals surface area contributed by atoms with Crippen molar-refractivity contribution in [2.45, 2.75) is 19.5 Å². The van der Waals surface area contributed by atoms with Crippen LogP contribution in [0.5, 0.6) is 0 Å². The van der Waals surface area contributed by atoms with Gasteiger partial charge < -0.3 is 5.32 Å². The molecule has 0 fully saturated rings. The lowest BCUT2D eigenvalue weighted by Gasteiger charge is -2.09. The third-order valence-corrected chi connectivity index (χ3v) is 2.56. The Labute approximate surface area is 81.5 Å². The highest BCUT2D eigenvalue weighted by Crippen LogP contribution is 1.95. The number of hydrogen-bond donors (Lipinski definition) is 1. The van der Waals surface area contributed by atoms with Crippen LogP contribution in [0.3, 0.4) is 0 Å². The Hall–Kier alpha value is -0.410. The molecule has 1 heterocycles. The largest absolute Gasteiger partial charge is 0.308 e. The van der Waals surface area contributed by atoms with Gasteiger partial charge in [0.15, 0.2) is 0 Å². The van der Waals surface area contributed by atoms with E-state index in [9.17, 15) is 0 Å². The molecular weight excluding hydrogens is 216 g/mol. The van der Waals surface area contributed by atoms with Gasteiger partial charge >= 0.3 is 0 Å². The zero-order valence-corrected chi connectivity index (χ0v) is 8.71. The second-order valence-electron chi connectivity index (χ2n) is 2.76. The zero-order valence-electron chi connectivity index (χ0n) is 7.13. The van der Waals surface area contributed by atoms with E-state index in [1.54, 1.807) is 0 Å². The molecular formula is C9H13BrN2. The van der Waals surface area contributed by atoms with Crippen molar-refractivity contribution in [1.29, 1.82) is 0 Å². The molecule has 0 aliphatic heterocycles. The maximum absolute atomic E-state index is 4.21. The SMILES string of the molecule is CC(CBr)NCc1ccccn1. The topological polar surface area (TPSA) is 24.9 Å². The van der Waals surface area contributed by atoms with Gasteiger partial charge in [0.2, 0.25) is 0 Å². The van der Waals surface area contributed by atoms with E-state index in [2.05, 4.69) is 33.2 Å². The Morgan fingerprint density at radius 2 is 2.42 bits per heavy atom. The van der Waals surface area contributed by atoms with E-state index in [0.29, 0.717) is 6.04 Å². The van der Waals surface area contributed by atoms with Gasteiger partial charge in [0.05, 0.1) is 5.69 Å². The minimum atomic E-state index is 0.493. The standard InChI is InChI=1S/C9H13BrN2/c1-8(6-10)12-7-9-4-2-3-5-11-9/h2-5,8,12H,6-7H2,1H3. The van der Waals surface area contributed by atoms with Gasteiger partial charge in [-0.15, -0.1) is 0 Å². The molecule has 12 heavy (non-hydrogen) atoms. The molecule has 1 unspecified atom stereocenters. The number of pyridine rings is 1. The van der Waals surface area contributed by atoms with Gasteiger partial charge in [-0.2, -0.15) is 0 Å². The summed E-state index contributed by atoms with van der Waals surface area (Å²) < 4.78 is 0. The lowest BCUT2D eigenvalue weighted by Crippen LogP contribution is -2.26. The van der Waals surface area contributed by atoms with Crippen LogP contribution in [0.15, 0.2) is 24.4 Å². The third kappa shape index (κ3) is 3.32. The van der Waals surface area contributed by atoms with Gasteiger partial charge in [-0.3, -0.25) is 4.98 Å². The number of hydrogen-bond acceptors (Lipinski definition) is 2. The highest BCUT2D eigenvalue weighted by atomic mass is 79.9. The molecule has 1 N–H and O–H groups in total. The molecule has 0 bridgehead atoms. The zero-order chi connectivity index (χ0) is 8.81. The van der Waals surface area contributed by atoms with Gasteiger partial charge in [-0.1, -0.05) is 22.0 Å². The number of nitrogens with zero attached hydrogens (tertiary/aromatic N) is 1. The first kappa shape index (κ1) is 9.68. The maximum atomic E-state index is 4.21. The van der Waals surface area contributed by atoms with E-state index in [-0.39, 0.29) is 0 Å². The number of aromatic nitrogens is 1. The first-order valence-electron chi connectivity index (χ1n) is 4.02. The molecule has 0 saturated heterocycles. The Morgan fingerprint density at radius 1 is 1.58 bits per heavy atom. The van der Waals surface area contributed by atoms with Crippen molar-refractivity contribution < 1.29 is 0 Å². The highest BCUT2D eigenvalue weighted by Gasteiger charge is 1.98. The van der Waals surface area contributed by atoms with Crippen LogP contribution >= 0.6 is 15.9 Å². The minimum absolute atomic E-state index is 0.493. The Bertz CT molecular complexity index is 213. The fraction of sp³-hybridized carbons (Fsp3) is 0.444. The van der Waals surface area contributed by atoms with Crippen LogP contribution in [0, 0.1) is 0 Å². The van der Waals surface area contributed by atoms with Crippen molar-refractivity contribution >= 4 is 15.9 Å². The average Bonchev–Trinajstić information content (AvgIpc) is 2.16. The molecule has 0 saturated carbocycles. The molecule has 1 aromatic rings. The molecule has 1 atom stereocenters. The predicted molar refractivity (Wildman–Crippen MR) is 54.3 cm³/mol. The molecule has 0 spiro atoms. The smallest absolute Gasteiger partial charge is 0.0541 e. The van der Waals surface area contributed by atoms with Crippen LogP contribution in [0.4, 0.5) is 0 Å². The third-order valence-electron chi connectivity index (χ3n) is 1.59. The van der Waals surface area contributed by atoms with Crippen LogP contribution in [0.1, 0.15) is 12.6 Å². The van der Waals surface area contributed by atoms with Gasteiger partial charge in [0.25, 0.3) is 0 Å². The summed E-state index contributed by atoms with van der Waals surface area (Å²) in [4.78, 5) is 4.21. The first-order chi connectivity index (χ1) is 5.83. The summed E-state index contributed by atoms with van der Waals surface area (Å²) in [6.45, 7) is 2.98. The fourth-order valence-corrected chi connectivity index (χ4v) is 1.06. The quantitative estimate of drug-likeness (QED) is 0.798. The van der Waals surface area contributed by atoms with Gasteiger partial charge in [-0.05, 0) is 19.1 Å². The summed E-state index contributed by atoms with van der Waals surface area (Å²) in [6, 6.07) is 6.45. The van der Waals surface area contributed by atoms with Crippen molar-refractivity contribution in [1.82, 2.24) is 10.3 Å². The summed E-state index contributed by atoms with van der Waals surface area (Å²) in [5.41, 5.74) is 1.09. The lowest BCUT2D eigenvalue weighted by atomic mass is 10.3. The normalized spacial score (nSPS) is 12.8. The van der Waals surface area contributed by atoms with Crippen molar-refractivity contribution in [3.05, 3.63) is 30.1 Å². The molecule has 1 rings (SSSR count). The maximum Gasteiger partial charge on any atom is 0.0541 e. The van der Waals surface area contributed by atoms with Crippen LogP contribution in [-0.2, 0) is 6.54 Å². The molecule has 3 heteroatoms. The van der Waals surface area contributed by atoms with Crippen molar-refractivity contribution in [3.63, 3.8) is 0 Å². The summed E-state index contributed by atoms with van der Waals surface area (Å²) >= 11 is 3.41. The fourth-order valence-electron chi connectivity index (χ4n) is 0.836. The number of halogens is 1. The van der Waals surface area contributed by atoms with Crippen molar-refractivity contribution in [2.24, 2.45) is 0 Å². The van der Waals surface area contributed by atoms with Gasteiger partial charge in [-0.25, -0.2) is 0 Å². The van der Waals surface area contributed by atoms with Crippen LogP contribution in [-0.4, -0.2) is 16.4 Å². The van der Waals surface area contributed by atoms with E-state index in [4.69, 9.17) is 0 Å². The summed E-state index contributed by atoms with van der Waals surface area (Å²) in [5, 5.41) is 4.31. The molecule has 0 aliphatic rings. The van der Waals surface area contributed by atoms with Crippen LogP contribution in [0.25, 0.3) is 0 Å². The summed E-state index contributed by atoms with van der Waals surface area (Å²) in [5.74, 6) is 0. The van der Waals surface area contributed by atoms with E-state index in [1.165, 1.54) is 0 Å². The van der Waals surface area contributed by atoms with E-state index in [0.717, 1.165) is 17.6 Å². The number of alkyl halides is 1. The molecule has 2 nitrogen and oxygen atoms in total. The number of nitrogens with one attached hydrogen (secondary N) is 1. The molecule has 0 aliphatic carbocycles. The first-order valence-corrected chi connectivity index (χ1v) is 5.14. The Kier molecular flexibility index (Phi) is 4.25. The second-order valence-corrected chi connectivity index (χ2v) is 3.40. The molecule has 0 aromatic carbocycles. The van der Waals surface area contributed by atoms with E-state index >= 15 is 0 Å². The minimum Gasteiger partial charge on any atom is -0.308 e. The summed E-state index contributed by atoms with van der Waals surface area (Å²) in [7, 11) is 0. The lowest BCUT2D eigenvalue weighted by molar-refractivity contribution is 0.591. The number of rotatable bonds is 4. The average molecular weight is 229 g/mol. The Morgan fingerprint density at radius 3 is 3.00 bits per heavy atom. The van der Waals surface area contributed by atoms with Crippen molar-refractivity contribution in [2.75, 3.05) is 5.33 Å². The molecule has 66 valence electrons. The van der Waals surface area contributed by atoms with Crippen LogP contribution < -0.4 is 5.32 Å². The molecule has 0 amide bonds. The van der Waals surface area contributed by atoms with Crippen molar-refractivity contribution in [3.8, 4) is 0 Å². The summed E-state index contributed by atoms with van der Waals surface area (Å²) in [6.07, 6.45) is 1.82. The van der Waals surface area contributed by atoms with Gasteiger partial charge in [0.1, 0.15) is 0 Å². The monoisotopic (exact) mass is 228 g/mol. The molecule has 0 radical (unpaired) electrons.